The van der Waals surface area contributed by atoms with E-state index in [2.05, 4.69) is 26.6 Å². The van der Waals surface area contributed by atoms with Crippen molar-refractivity contribution in [1.29, 1.82) is 0 Å². The minimum Gasteiger partial charge on any atom is -0.507 e. The van der Waals surface area contributed by atoms with Gasteiger partial charge in [0.25, 0.3) is 0 Å². The van der Waals surface area contributed by atoms with Gasteiger partial charge in [-0.2, -0.15) is 0 Å². The summed E-state index contributed by atoms with van der Waals surface area (Å²) in [6, 6.07) is 11.7. The number of hydrogen-bond donors (Lipinski definition) is 16. The number of carbonyl (C=O) groups excluding carboxylic acids is 8. The number of ketones is 2. The van der Waals surface area contributed by atoms with Gasteiger partial charge in [-0.15, -0.1) is 0 Å². The molecule has 0 saturated carbocycles. The summed E-state index contributed by atoms with van der Waals surface area (Å²) in [5, 5.41) is 117. The van der Waals surface area contributed by atoms with Crippen molar-refractivity contribution >= 4 is 82.1 Å². The number of benzene rings is 6. The number of aliphatic hydroxyl groups is 6. The Labute approximate surface area is 668 Å². The Morgan fingerprint density at radius 2 is 1.37 bits per heavy atom. The molecule has 18 N–H and O–H groups in total. The minimum atomic E-state index is -2.33. The highest BCUT2D eigenvalue weighted by atomic mass is 35.5. The molecule has 115 heavy (non-hydrogen) atoms. The van der Waals surface area contributed by atoms with Crippen LogP contribution in [0.4, 0.5) is 10.5 Å². The number of aliphatic hydroxyl groups excluding tert-OH is 6. The lowest BCUT2D eigenvalue weighted by Gasteiger charge is -2.47. The number of ether oxygens (including phenoxy) is 8. The van der Waals surface area contributed by atoms with Crippen LogP contribution in [-0.4, -0.2) is 179 Å². The highest BCUT2D eigenvalue weighted by molar-refractivity contribution is 6.32. The zero-order valence-electron chi connectivity index (χ0n) is 63.2. The molecule has 0 radical (unpaired) electrons. The van der Waals surface area contributed by atoms with E-state index in [-0.39, 0.29) is 57.7 Å². The number of hydrogen-bond acceptors (Lipinski definition) is 26. The smallest absolute Gasteiger partial charge is 0.417 e. The summed E-state index contributed by atoms with van der Waals surface area (Å²) >= 11 is 14.3. The van der Waals surface area contributed by atoms with Crippen LogP contribution in [0.2, 0.25) is 10.0 Å². The normalized spacial score (nSPS) is 27.3. The Morgan fingerprint density at radius 3 is 1.97 bits per heavy atom. The largest absolute Gasteiger partial charge is 0.507 e. The van der Waals surface area contributed by atoms with E-state index in [0.29, 0.717) is 18.8 Å². The Hall–Kier alpha value is -10.3. The zero-order chi connectivity index (χ0) is 83.3. The molecule has 6 amide bonds. The van der Waals surface area contributed by atoms with E-state index < -0.39 is 250 Å². The summed E-state index contributed by atoms with van der Waals surface area (Å²) in [7, 11) is 0. The summed E-state index contributed by atoms with van der Waals surface area (Å²) in [4.78, 5) is 133. The standard InChI is InChI=1S/C80H91Cl2N7O26/c1-7-9-20-108-43-15-13-42(14-16-43)85-79(107)110-44-29-47-61(51(92)30-44)46-22-37(10-17-50(46)91)45-31-53(94)62-40-26-56(111-54-18-11-38(23-48(54)81)66(96)64(88-73(101)36(8-2)21-34(3)4)52(93)25-41(28-59(83)95)74(102)86-62)70(115-78-71(69(99)68(98)58(33-90)113-78)114-60-32-80(6,84)72(100)35(5)109-60)57(27-40)112-55-19-12-39(24-49(55)82)67(97)65(89-75(45)103)76(104)87-63(47)77(105)106/h10-19,22-24,26-27,29-30,34-36,41,45,58,60,62-69,71-72,78,90-92,96-100H,7-9,20-21,25,28,31-33,84H2,1-6H3,(H2,83,95)(H,85,107)(H,86,102)(H,87,104)(H,88,101)(H,89,103)(H,105,106)/t35-,36+,41-,45+,58+,60-,62+,63-,64-,65-,66+,67+,68+,69-,71+,72+,78-,80-/m0/s1. The van der Waals surface area contributed by atoms with Gasteiger partial charge in [-0.1, -0.05) is 75.5 Å². The fraction of sp³-hybridized carbons (Fsp3) is 0.438. The molecule has 33 nitrogen and oxygen atoms in total. The van der Waals surface area contributed by atoms with Crippen molar-refractivity contribution in [3.05, 3.63) is 141 Å². The van der Waals surface area contributed by atoms with E-state index in [1.54, 1.807) is 19.1 Å². The average Bonchev–Trinajstić information content (AvgIpc) is 0.765. The SMILES string of the molecule is CCCCOc1ccc(NC(=O)Oc2cc(O)c3c(c2)[C@@H](C(=O)O)NC(=O)[C@H]2NC(=O)[C@H](CC(=O)[C@@H]4NC(=O)[C@H](CC(N)=O)CC(=O)[C@H](NC(=O)[C@H](CC)CC(C)C)[C@H](O)c5ccc(c(Cl)c5)Oc5cc4cc(c5O[C@@H]4O[C@H](CO)[C@@H](O)[C@H](O)[C@H]4O[C@H]4C[C@](C)(N)[C@H](O)[C@H](C)O4)Oc4ccc(cc4Cl)[C@H]2O)c2ccc(O)c-3c2)cc1. The van der Waals surface area contributed by atoms with Gasteiger partial charge in [-0.05, 0) is 140 Å². The van der Waals surface area contributed by atoms with Crippen LogP contribution in [0.5, 0.6) is 51.7 Å². The molecule has 616 valence electrons. The van der Waals surface area contributed by atoms with E-state index in [9.17, 15) is 65.1 Å². The molecule has 13 rings (SSSR count). The van der Waals surface area contributed by atoms with Crippen LogP contribution in [0, 0.1) is 17.8 Å². The van der Waals surface area contributed by atoms with Crippen LogP contribution in [-0.2, 0) is 52.6 Å². The maximum Gasteiger partial charge on any atom is 0.417 e. The van der Waals surface area contributed by atoms with Gasteiger partial charge in [0.1, 0.15) is 83.1 Å². The van der Waals surface area contributed by atoms with E-state index in [0.717, 1.165) is 73.5 Å². The summed E-state index contributed by atoms with van der Waals surface area (Å²) in [6.07, 6.45) is -19.6. The topological polar surface area (TPSA) is 522 Å². The molecular weight excluding hydrogens is 1550 g/mol. The molecule has 18 atom stereocenters. The average molecular weight is 1640 g/mol. The number of nitrogens with two attached hydrogens (primary N) is 2. The van der Waals surface area contributed by atoms with Gasteiger partial charge in [0.15, 0.2) is 41.5 Å². The zero-order valence-corrected chi connectivity index (χ0v) is 64.7. The summed E-state index contributed by atoms with van der Waals surface area (Å²) in [5.74, 6) is -18.7. The molecule has 2 saturated heterocycles. The number of phenolic OH excluding ortho intramolecular Hbond substituents is 2. The number of carboxylic acids is 1. The van der Waals surface area contributed by atoms with Crippen molar-refractivity contribution in [2.75, 3.05) is 18.5 Å². The van der Waals surface area contributed by atoms with Crippen molar-refractivity contribution in [3.8, 4) is 62.9 Å². The maximum absolute atomic E-state index is 16.4. The van der Waals surface area contributed by atoms with E-state index in [1.807, 2.05) is 20.8 Å². The quantitative estimate of drug-likeness (QED) is 0.0379. The predicted molar refractivity (Wildman–Crippen MR) is 408 cm³/mol. The number of phenols is 2. The minimum absolute atomic E-state index is 0.0290. The Morgan fingerprint density at radius 1 is 0.722 bits per heavy atom. The molecule has 0 spiro atoms. The number of halogens is 2. The van der Waals surface area contributed by atoms with Crippen LogP contribution in [0.25, 0.3) is 11.1 Å². The second-order valence-electron chi connectivity index (χ2n) is 29.8. The monoisotopic (exact) mass is 1640 g/mol. The van der Waals surface area contributed by atoms with Gasteiger partial charge >= 0.3 is 12.1 Å². The summed E-state index contributed by atoms with van der Waals surface area (Å²) < 4.78 is 50.0. The molecule has 2 fully saturated rings. The van der Waals surface area contributed by atoms with Crippen LogP contribution >= 0.6 is 23.2 Å². The second-order valence-corrected chi connectivity index (χ2v) is 30.6. The molecule has 0 aliphatic carbocycles. The van der Waals surface area contributed by atoms with Gasteiger partial charge in [-0.25, -0.2) is 9.59 Å². The highest BCUT2D eigenvalue weighted by Crippen LogP contribution is 2.51. The maximum atomic E-state index is 16.4. The number of rotatable bonds is 19. The lowest BCUT2D eigenvalue weighted by molar-refractivity contribution is -0.333. The third-order valence-corrected chi connectivity index (χ3v) is 21.3. The van der Waals surface area contributed by atoms with Crippen molar-refractivity contribution in [2.45, 2.75) is 190 Å². The number of aliphatic carboxylic acids is 1. The number of Topliss-reactive ketones (excluding diaryl/α,β-unsaturated/α-hetero) is 2. The van der Waals surface area contributed by atoms with Crippen LogP contribution in [0.3, 0.4) is 0 Å². The molecule has 6 aromatic rings. The lowest BCUT2D eigenvalue weighted by Crippen LogP contribution is -2.64. The van der Waals surface area contributed by atoms with Crippen LogP contribution in [0.15, 0.2) is 103 Å². The third-order valence-electron chi connectivity index (χ3n) is 20.7. The number of carboxylic acid groups (broad SMARTS) is 1. The number of unbranched alkanes of at least 4 members (excludes halogenated alkanes) is 1. The predicted octanol–water partition coefficient (Wildman–Crippen LogP) is 6.60. The molecule has 7 aliphatic heterocycles. The number of amides is 6. The molecule has 35 heteroatoms. The van der Waals surface area contributed by atoms with Crippen LogP contribution in [0.1, 0.15) is 151 Å². The molecule has 0 aromatic heterocycles. The first-order valence-electron chi connectivity index (χ1n) is 37.3. The molecule has 6 aromatic carbocycles. The Kier molecular flexibility index (Phi) is 27.0. The van der Waals surface area contributed by atoms with Crippen molar-refractivity contribution in [2.24, 2.45) is 29.2 Å². The van der Waals surface area contributed by atoms with Gasteiger partial charge in [0.2, 0.25) is 41.6 Å². The number of primary amides is 1. The number of anilines is 1. The Balaban J connectivity index is 1.12. The van der Waals surface area contributed by atoms with Crippen molar-refractivity contribution in [3.63, 3.8) is 0 Å². The summed E-state index contributed by atoms with van der Waals surface area (Å²) in [5.41, 5.74) is 8.56. The Bertz CT molecular complexity index is 4680. The number of aromatic hydroxyl groups is 2. The van der Waals surface area contributed by atoms with Crippen molar-refractivity contribution < 1.29 is 127 Å². The van der Waals surface area contributed by atoms with Gasteiger partial charge in [-0.3, -0.25) is 38.9 Å². The highest BCUT2D eigenvalue weighted by Gasteiger charge is 2.52. The lowest BCUT2D eigenvalue weighted by atomic mass is 9.84. The molecule has 11 bridgehead atoms. The molecule has 7 aliphatic rings. The van der Waals surface area contributed by atoms with E-state index in [1.165, 1.54) is 44.2 Å². The van der Waals surface area contributed by atoms with Crippen molar-refractivity contribution in [1.82, 2.24) is 21.3 Å². The fourth-order valence-corrected chi connectivity index (χ4v) is 15.0. The fourth-order valence-electron chi connectivity index (χ4n) is 14.5. The third kappa shape index (κ3) is 19.5. The van der Waals surface area contributed by atoms with Gasteiger partial charge < -0.3 is 117 Å². The second kappa shape index (κ2) is 36.3. The van der Waals surface area contributed by atoms with Gasteiger partial charge in [0, 0.05) is 65.6 Å². The summed E-state index contributed by atoms with van der Waals surface area (Å²) in [6.45, 7) is 9.96. The molecular formula is C80H91Cl2N7O26. The van der Waals surface area contributed by atoms with E-state index in [4.69, 9.17) is 72.6 Å². The first kappa shape index (κ1) is 85.6. The number of fused-ring (bicyclic) bond motifs is 15. The van der Waals surface area contributed by atoms with Crippen LogP contribution < -0.4 is 61.7 Å². The molecule has 7 heterocycles. The first-order valence-corrected chi connectivity index (χ1v) is 38.1. The van der Waals surface area contributed by atoms with Gasteiger partial charge in [0.05, 0.1) is 47.3 Å². The number of carbonyl (C=O) groups is 9. The van der Waals surface area contributed by atoms with E-state index >= 15 is 24.0 Å². The molecule has 0 unspecified atom stereocenters. The number of nitrogens with one attached hydrogen (secondary N) is 5. The first-order chi connectivity index (χ1) is 54.5.